The smallest absolute Gasteiger partial charge is 0.408 e. The first-order valence-electron chi connectivity index (χ1n) is 12.3. The standard InChI is InChI=1S/C26H42N4O5/c1-7-12-18(3)28-23(32)22(19-13-10-9-11-14-19)30(17-8-2)24(33)20(15-16-21(27)31)29-25(34)35-26(4,5)6/h9-11,13-14,18,20,22H,7-8,12,15-17H2,1-6H3,(H2,27,31)(H,28,32)(H,29,34). The highest BCUT2D eigenvalue weighted by Crippen LogP contribution is 2.24. The Hall–Kier alpha value is -3.10. The maximum atomic E-state index is 13.8. The Morgan fingerprint density at radius 1 is 1.00 bits per heavy atom. The van der Waals surface area contributed by atoms with E-state index in [2.05, 4.69) is 10.6 Å². The molecule has 0 bridgehead atoms. The van der Waals surface area contributed by atoms with Crippen LogP contribution >= 0.6 is 0 Å². The van der Waals surface area contributed by atoms with Gasteiger partial charge in [-0.2, -0.15) is 0 Å². The molecule has 35 heavy (non-hydrogen) atoms. The molecule has 0 heterocycles. The van der Waals surface area contributed by atoms with Gasteiger partial charge >= 0.3 is 6.09 Å². The number of alkyl carbamates (subject to hydrolysis) is 1. The van der Waals surface area contributed by atoms with Crippen molar-refractivity contribution in [2.75, 3.05) is 6.54 Å². The molecule has 4 amide bonds. The van der Waals surface area contributed by atoms with Crippen LogP contribution in [0, 0.1) is 0 Å². The Kier molecular flexibility index (Phi) is 12.3. The quantitative estimate of drug-likeness (QED) is 0.390. The summed E-state index contributed by atoms with van der Waals surface area (Å²) in [5, 5.41) is 5.60. The molecule has 9 nitrogen and oxygen atoms in total. The van der Waals surface area contributed by atoms with Crippen LogP contribution in [0.15, 0.2) is 30.3 Å². The first-order valence-corrected chi connectivity index (χ1v) is 12.3. The number of primary amides is 1. The molecule has 1 rings (SSSR count). The molecule has 4 N–H and O–H groups in total. The number of carbonyl (C=O) groups is 4. The van der Waals surface area contributed by atoms with Crippen LogP contribution < -0.4 is 16.4 Å². The molecule has 3 unspecified atom stereocenters. The molecule has 0 spiro atoms. The predicted octanol–water partition coefficient (Wildman–Crippen LogP) is 3.43. The van der Waals surface area contributed by atoms with E-state index in [-0.39, 0.29) is 31.3 Å². The number of nitrogens with one attached hydrogen (secondary N) is 2. The average molecular weight is 491 g/mol. The fourth-order valence-corrected chi connectivity index (χ4v) is 3.74. The van der Waals surface area contributed by atoms with Crippen molar-refractivity contribution in [3.05, 3.63) is 35.9 Å². The maximum absolute atomic E-state index is 13.8. The molecule has 3 atom stereocenters. The first-order chi connectivity index (χ1) is 16.4. The summed E-state index contributed by atoms with van der Waals surface area (Å²) >= 11 is 0. The zero-order valence-electron chi connectivity index (χ0n) is 21.9. The van der Waals surface area contributed by atoms with Crippen LogP contribution in [0.4, 0.5) is 4.79 Å². The zero-order valence-corrected chi connectivity index (χ0v) is 21.9. The second-order valence-electron chi connectivity index (χ2n) is 9.75. The van der Waals surface area contributed by atoms with Crippen LogP contribution in [0.1, 0.15) is 85.3 Å². The second kappa shape index (κ2) is 14.3. The van der Waals surface area contributed by atoms with Gasteiger partial charge in [0.05, 0.1) is 0 Å². The van der Waals surface area contributed by atoms with Crippen LogP contribution in [0.25, 0.3) is 0 Å². The number of nitrogens with zero attached hydrogens (tertiary/aromatic N) is 1. The number of rotatable bonds is 13. The Balaban J connectivity index is 3.36. The third-order valence-electron chi connectivity index (χ3n) is 5.20. The number of ether oxygens (including phenoxy) is 1. The van der Waals surface area contributed by atoms with E-state index in [0.717, 1.165) is 12.8 Å². The lowest BCUT2D eigenvalue weighted by Crippen LogP contribution is -2.54. The molecule has 1 aromatic rings. The lowest BCUT2D eigenvalue weighted by atomic mass is 10.0. The summed E-state index contributed by atoms with van der Waals surface area (Å²) in [4.78, 5) is 52.7. The minimum Gasteiger partial charge on any atom is -0.444 e. The van der Waals surface area contributed by atoms with Gasteiger partial charge in [0.2, 0.25) is 17.7 Å². The van der Waals surface area contributed by atoms with Gasteiger partial charge in [-0.1, -0.05) is 50.6 Å². The number of hydrogen-bond acceptors (Lipinski definition) is 5. The van der Waals surface area contributed by atoms with Crippen molar-refractivity contribution in [1.82, 2.24) is 15.5 Å². The summed E-state index contributed by atoms with van der Waals surface area (Å²) in [6, 6.07) is 6.99. The Morgan fingerprint density at radius 2 is 1.63 bits per heavy atom. The Labute approximate surface area is 209 Å². The average Bonchev–Trinajstić information content (AvgIpc) is 2.75. The van der Waals surface area contributed by atoms with E-state index in [1.807, 2.05) is 39.0 Å². The van der Waals surface area contributed by atoms with E-state index in [0.29, 0.717) is 12.0 Å². The van der Waals surface area contributed by atoms with Gasteiger partial charge in [0, 0.05) is 19.0 Å². The molecular formula is C26H42N4O5. The Bertz CT molecular complexity index is 838. The Morgan fingerprint density at radius 3 is 2.14 bits per heavy atom. The van der Waals surface area contributed by atoms with E-state index in [1.54, 1.807) is 32.9 Å². The van der Waals surface area contributed by atoms with E-state index in [9.17, 15) is 19.2 Å². The monoisotopic (exact) mass is 490 g/mol. The molecule has 0 aliphatic rings. The van der Waals surface area contributed by atoms with Gasteiger partial charge in [-0.05, 0) is 52.5 Å². The molecule has 0 fully saturated rings. The van der Waals surface area contributed by atoms with Crippen LogP contribution in [-0.2, 0) is 19.1 Å². The lowest BCUT2D eigenvalue weighted by molar-refractivity contribution is -0.143. The molecule has 1 aromatic carbocycles. The molecule has 0 aliphatic carbocycles. The fourth-order valence-electron chi connectivity index (χ4n) is 3.74. The van der Waals surface area contributed by atoms with Crippen LogP contribution in [0.3, 0.4) is 0 Å². The zero-order chi connectivity index (χ0) is 26.6. The van der Waals surface area contributed by atoms with Crippen LogP contribution in [0.2, 0.25) is 0 Å². The van der Waals surface area contributed by atoms with E-state index >= 15 is 0 Å². The molecule has 196 valence electrons. The number of amides is 4. The van der Waals surface area contributed by atoms with Crippen molar-refractivity contribution in [2.24, 2.45) is 5.73 Å². The van der Waals surface area contributed by atoms with Crippen molar-refractivity contribution >= 4 is 23.8 Å². The highest BCUT2D eigenvalue weighted by atomic mass is 16.6. The molecular weight excluding hydrogens is 448 g/mol. The molecule has 0 saturated heterocycles. The number of hydrogen-bond donors (Lipinski definition) is 3. The van der Waals surface area contributed by atoms with Gasteiger partial charge in [-0.25, -0.2) is 4.79 Å². The van der Waals surface area contributed by atoms with Gasteiger partial charge in [-0.15, -0.1) is 0 Å². The second-order valence-corrected chi connectivity index (χ2v) is 9.75. The minimum absolute atomic E-state index is 0.0109. The normalized spacial score (nSPS) is 13.8. The SMILES string of the molecule is CCCC(C)NC(=O)C(c1ccccc1)N(CCC)C(=O)C(CCC(N)=O)NC(=O)OC(C)(C)C. The summed E-state index contributed by atoms with van der Waals surface area (Å²) in [6.45, 7) is 11.3. The van der Waals surface area contributed by atoms with Gasteiger partial charge in [0.1, 0.15) is 17.7 Å². The fraction of sp³-hybridized carbons (Fsp3) is 0.615. The van der Waals surface area contributed by atoms with Gasteiger partial charge < -0.3 is 26.0 Å². The summed E-state index contributed by atoms with van der Waals surface area (Å²) in [6.07, 6.45) is 1.39. The lowest BCUT2D eigenvalue weighted by Gasteiger charge is -2.35. The molecule has 0 aromatic heterocycles. The first kappa shape index (κ1) is 29.9. The third kappa shape index (κ3) is 10.8. The third-order valence-corrected chi connectivity index (χ3v) is 5.20. The highest BCUT2D eigenvalue weighted by molar-refractivity contribution is 5.92. The highest BCUT2D eigenvalue weighted by Gasteiger charge is 2.36. The van der Waals surface area contributed by atoms with Gasteiger partial charge in [0.25, 0.3) is 0 Å². The maximum Gasteiger partial charge on any atom is 0.408 e. The molecule has 0 radical (unpaired) electrons. The number of carbonyl (C=O) groups excluding carboxylic acids is 4. The van der Waals surface area contributed by atoms with Gasteiger partial charge in [-0.3, -0.25) is 14.4 Å². The summed E-state index contributed by atoms with van der Waals surface area (Å²) in [5.41, 5.74) is 5.20. The molecule has 9 heteroatoms. The summed E-state index contributed by atoms with van der Waals surface area (Å²) < 4.78 is 5.32. The predicted molar refractivity (Wildman–Crippen MR) is 135 cm³/mol. The van der Waals surface area contributed by atoms with E-state index < -0.39 is 35.6 Å². The minimum atomic E-state index is -1.09. The topological polar surface area (TPSA) is 131 Å². The van der Waals surface area contributed by atoms with Gasteiger partial charge in [0.15, 0.2) is 0 Å². The van der Waals surface area contributed by atoms with Crippen LogP contribution in [-0.4, -0.2) is 52.9 Å². The number of nitrogens with two attached hydrogens (primary N) is 1. The van der Waals surface area contributed by atoms with Crippen LogP contribution in [0.5, 0.6) is 0 Å². The number of benzene rings is 1. The largest absolute Gasteiger partial charge is 0.444 e. The van der Waals surface area contributed by atoms with E-state index in [4.69, 9.17) is 10.5 Å². The van der Waals surface area contributed by atoms with Crippen molar-refractivity contribution < 1.29 is 23.9 Å². The molecule has 0 aliphatic heterocycles. The van der Waals surface area contributed by atoms with Crippen molar-refractivity contribution in [3.8, 4) is 0 Å². The summed E-state index contributed by atoms with van der Waals surface area (Å²) in [5.74, 6) is -1.38. The van der Waals surface area contributed by atoms with E-state index in [1.165, 1.54) is 4.90 Å². The summed E-state index contributed by atoms with van der Waals surface area (Å²) in [7, 11) is 0. The molecule has 0 saturated carbocycles. The van der Waals surface area contributed by atoms with Crippen molar-refractivity contribution in [3.63, 3.8) is 0 Å². The van der Waals surface area contributed by atoms with Crippen molar-refractivity contribution in [1.29, 1.82) is 0 Å². The van der Waals surface area contributed by atoms with Crippen molar-refractivity contribution in [2.45, 2.75) is 97.4 Å².